The molecule has 1 aromatic carbocycles. The Balaban J connectivity index is 1.35. The van der Waals surface area contributed by atoms with E-state index in [0.717, 1.165) is 49.1 Å². The number of nitrogen functional groups attached to an aromatic ring is 1. The van der Waals surface area contributed by atoms with Gasteiger partial charge in [-0.25, -0.2) is 9.97 Å². The fraction of sp³-hybridized carbons (Fsp3) is 0.524. The van der Waals surface area contributed by atoms with Crippen LogP contribution in [0.5, 0.6) is 0 Å². The quantitative estimate of drug-likeness (QED) is 0.654. The van der Waals surface area contributed by atoms with E-state index in [2.05, 4.69) is 20.6 Å². The third-order valence-electron chi connectivity index (χ3n) is 6.78. The molecule has 4 aliphatic rings. The van der Waals surface area contributed by atoms with Gasteiger partial charge in [0.05, 0.1) is 5.56 Å². The van der Waals surface area contributed by atoms with Crippen LogP contribution in [0.4, 0.5) is 36.2 Å². The second-order valence-corrected chi connectivity index (χ2v) is 9.01. The van der Waals surface area contributed by atoms with Crippen LogP contribution in [0, 0.1) is 17.8 Å². The molecule has 0 amide bonds. The Morgan fingerprint density at radius 2 is 1.45 bits per heavy atom. The van der Waals surface area contributed by atoms with E-state index in [9.17, 15) is 13.2 Å². The lowest BCUT2D eigenvalue weighted by Crippen LogP contribution is -2.55. The molecule has 4 N–H and O–H groups in total. The van der Waals surface area contributed by atoms with Crippen LogP contribution < -0.4 is 16.4 Å². The van der Waals surface area contributed by atoms with Crippen LogP contribution in [0.3, 0.4) is 0 Å². The molecule has 4 fully saturated rings. The first-order valence-corrected chi connectivity index (χ1v) is 10.1. The van der Waals surface area contributed by atoms with Gasteiger partial charge in [0.2, 0.25) is 0 Å². The Kier molecular flexibility index (Phi) is 4.15. The van der Waals surface area contributed by atoms with Crippen molar-refractivity contribution in [3.8, 4) is 0 Å². The number of nitrogens with one attached hydrogen (secondary N) is 2. The molecule has 8 heteroatoms. The minimum Gasteiger partial charge on any atom is -0.393 e. The van der Waals surface area contributed by atoms with Crippen molar-refractivity contribution in [2.24, 2.45) is 17.8 Å². The number of anilines is 4. The van der Waals surface area contributed by atoms with Gasteiger partial charge in [0.1, 0.15) is 12.0 Å². The SMILES string of the molecule is Nc1c(Nc2ccc(C(F)(F)F)cc2)ncnc1NC12CC3CC(CC(C3)C1)C2. The summed E-state index contributed by atoms with van der Waals surface area (Å²) >= 11 is 0. The predicted molar refractivity (Wildman–Crippen MR) is 106 cm³/mol. The van der Waals surface area contributed by atoms with E-state index in [4.69, 9.17) is 5.73 Å². The van der Waals surface area contributed by atoms with Crippen molar-refractivity contribution in [2.75, 3.05) is 16.4 Å². The minimum absolute atomic E-state index is 0.0584. The molecule has 5 nitrogen and oxygen atoms in total. The van der Waals surface area contributed by atoms with Gasteiger partial charge in [-0.3, -0.25) is 0 Å². The maximum atomic E-state index is 12.7. The fourth-order valence-electron chi connectivity index (χ4n) is 5.99. The molecule has 0 aliphatic heterocycles. The first-order valence-electron chi connectivity index (χ1n) is 10.1. The third-order valence-corrected chi connectivity index (χ3v) is 6.78. The number of hydrogen-bond donors (Lipinski definition) is 3. The maximum absolute atomic E-state index is 12.7. The zero-order valence-electron chi connectivity index (χ0n) is 16.0. The predicted octanol–water partition coefficient (Wildman–Crippen LogP) is 5.20. The molecule has 0 spiro atoms. The number of alkyl halides is 3. The van der Waals surface area contributed by atoms with Gasteiger partial charge in [-0.1, -0.05) is 0 Å². The summed E-state index contributed by atoms with van der Waals surface area (Å²) in [4.78, 5) is 8.56. The van der Waals surface area contributed by atoms with Crippen LogP contribution in [0.25, 0.3) is 0 Å². The summed E-state index contributed by atoms with van der Waals surface area (Å²) in [6.07, 6.45) is 4.59. The largest absolute Gasteiger partial charge is 0.416 e. The van der Waals surface area contributed by atoms with Crippen LogP contribution in [0.1, 0.15) is 44.1 Å². The van der Waals surface area contributed by atoms with E-state index in [0.29, 0.717) is 23.0 Å². The summed E-state index contributed by atoms with van der Waals surface area (Å²) < 4.78 is 38.2. The van der Waals surface area contributed by atoms with Crippen molar-refractivity contribution >= 4 is 23.0 Å². The lowest BCUT2D eigenvalue weighted by molar-refractivity contribution is -0.137. The molecule has 6 rings (SSSR count). The molecule has 1 aromatic heterocycles. The number of benzene rings is 1. The smallest absolute Gasteiger partial charge is 0.393 e. The molecule has 29 heavy (non-hydrogen) atoms. The van der Waals surface area contributed by atoms with Crippen LogP contribution in [-0.2, 0) is 6.18 Å². The highest BCUT2D eigenvalue weighted by Crippen LogP contribution is 2.56. The highest BCUT2D eigenvalue weighted by Gasteiger charge is 2.51. The fourth-order valence-corrected chi connectivity index (χ4v) is 5.99. The average molecular weight is 403 g/mol. The van der Waals surface area contributed by atoms with Crippen molar-refractivity contribution in [3.63, 3.8) is 0 Å². The molecule has 0 unspecified atom stereocenters. The molecule has 4 bridgehead atoms. The molecule has 0 saturated heterocycles. The first kappa shape index (κ1) is 18.5. The van der Waals surface area contributed by atoms with Gasteiger partial charge in [0, 0.05) is 11.2 Å². The normalized spacial score (nSPS) is 30.4. The van der Waals surface area contributed by atoms with Crippen LogP contribution in [0.15, 0.2) is 30.6 Å². The van der Waals surface area contributed by atoms with Crippen molar-refractivity contribution in [1.82, 2.24) is 9.97 Å². The van der Waals surface area contributed by atoms with Gasteiger partial charge >= 0.3 is 6.18 Å². The summed E-state index contributed by atoms with van der Waals surface area (Å²) in [6, 6.07) is 4.82. The molecule has 2 aromatic rings. The van der Waals surface area contributed by atoms with Gasteiger partial charge in [-0.15, -0.1) is 0 Å². The highest BCUT2D eigenvalue weighted by molar-refractivity contribution is 5.78. The summed E-state index contributed by atoms with van der Waals surface area (Å²) in [5.41, 5.74) is 6.58. The van der Waals surface area contributed by atoms with E-state index in [1.165, 1.54) is 37.7 Å². The molecule has 1 heterocycles. The summed E-state index contributed by atoms with van der Waals surface area (Å²) in [5.74, 6) is 3.38. The lowest BCUT2D eigenvalue weighted by atomic mass is 9.53. The minimum atomic E-state index is -4.36. The van der Waals surface area contributed by atoms with Crippen molar-refractivity contribution in [1.29, 1.82) is 0 Å². The Morgan fingerprint density at radius 3 is 2.00 bits per heavy atom. The second-order valence-electron chi connectivity index (χ2n) is 9.01. The second kappa shape index (κ2) is 6.50. The highest BCUT2D eigenvalue weighted by atomic mass is 19.4. The Morgan fingerprint density at radius 1 is 0.897 bits per heavy atom. The van der Waals surface area contributed by atoms with Gasteiger partial charge in [0.25, 0.3) is 0 Å². The molecule has 154 valence electrons. The molecule has 0 atom stereocenters. The molecular formula is C21H24F3N5. The Labute approximate surface area is 167 Å². The maximum Gasteiger partial charge on any atom is 0.416 e. The number of nitrogens with two attached hydrogens (primary N) is 1. The zero-order chi connectivity index (χ0) is 20.2. The number of aromatic nitrogens is 2. The van der Waals surface area contributed by atoms with Gasteiger partial charge in [-0.05, 0) is 80.5 Å². The van der Waals surface area contributed by atoms with E-state index >= 15 is 0 Å². The van der Waals surface area contributed by atoms with Crippen molar-refractivity contribution in [3.05, 3.63) is 36.2 Å². The molecule has 4 aliphatic carbocycles. The van der Waals surface area contributed by atoms with Crippen LogP contribution in [0.2, 0.25) is 0 Å². The van der Waals surface area contributed by atoms with E-state index in [-0.39, 0.29) is 5.54 Å². The number of halogens is 3. The van der Waals surface area contributed by atoms with Gasteiger partial charge < -0.3 is 16.4 Å². The van der Waals surface area contributed by atoms with Gasteiger partial charge in [0.15, 0.2) is 11.6 Å². The number of nitrogens with zero attached hydrogens (tertiary/aromatic N) is 2. The average Bonchev–Trinajstić information content (AvgIpc) is 2.63. The molecule has 0 radical (unpaired) electrons. The van der Waals surface area contributed by atoms with Crippen LogP contribution >= 0.6 is 0 Å². The standard InChI is InChI=1S/C21H24F3N5/c22-21(23,24)15-1-3-16(4-2-15)28-18-17(25)19(27-11-26-18)29-20-8-12-5-13(9-20)7-14(6-12)10-20/h1-4,11-14H,5-10,25H2,(H2,26,27,28,29). The summed E-state index contributed by atoms with van der Waals surface area (Å²) in [7, 11) is 0. The summed E-state index contributed by atoms with van der Waals surface area (Å²) in [5, 5.41) is 6.66. The van der Waals surface area contributed by atoms with Crippen molar-refractivity contribution < 1.29 is 13.2 Å². The Bertz CT molecular complexity index is 874. The third kappa shape index (κ3) is 3.49. The topological polar surface area (TPSA) is 75.9 Å². The van der Waals surface area contributed by atoms with E-state index < -0.39 is 11.7 Å². The lowest BCUT2D eigenvalue weighted by Gasteiger charge is -2.57. The van der Waals surface area contributed by atoms with Crippen molar-refractivity contribution in [2.45, 2.75) is 50.2 Å². The Hall–Kier alpha value is -2.51. The zero-order valence-corrected chi connectivity index (χ0v) is 16.0. The molecule has 4 saturated carbocycles. The number of hydrogen-bond acceptors (Lipinski definition) is 5. The summed E-state index contributed by atoms with van der Waals surface area (Å²) in [6.45, 7) is 0. The van der Waals surface area contributed by atoms with E-state index in [1.54, 1.807) is 0 Å². The van der Waals surface area contributed by atoms with Crippen LogP contribution in [-0.4, -0.2) is 15.5 Å². The first-order chi connectivity index (χ1) is 13.8. The molecular weight excluding hydrogens is 379 g/mol. The van der Waals surface area contributed by atoms with Gasteiger partial charge in [-0.2, -0.15) is 13.2 Å². The number of rotatable bonds is 4. The monoisotopic (exact) mass is 403 g/mol. The van der Waals surface area contributed by atoms with E-state index in [1.807, 2.05) is 0 Å².